The Bertz CT molecular complexity index is 258. The second kappa shape index (κ2) is 4.41. The van der Waals surface area contributed by atoms with Crippen molar-refractivity contribution in [2.75, 3.05) is 0 Å². The Morgan fingerprint density at radius 1 is 1.42 bits per heavy atom. The fraction of sp³-hybridized carbons (Fsp3) is 0.400. The molecule has 0 aromatic heterocycles. The molecule has 1 aromatic rings. The van der Waals surface area contributed by atoms with Crippen LogP contribution in [0, 0.1) is 0 Å². The maximum absolute atomic E-state index is 9.19. The molecule has 0 aliphatic rings. The predicted molar refractivity (Wildman–Crippen MR) is 54.0 cm³/mol. The van der Waals surface area contributed by atoms with E-state index in [2.05, 4.69) is 19.6 Å². The van der Waals surface area contributed by atoms with Gasteiger partial charge in [0.15, 0.2) is 0 Å². The van der Waals surface area contributed by atoms with Gasteiger partial charge in [-0.1, -0.05) is 19.4 Å². The molecule has 0 aliphatic heterocycles. The standard InChI is InChI=1S/C10H14OS/c1-2-3-4-8-5-6-9(11)10(12)7-8/h5-7,11-12H,2-4H2,1H3. The minimum atomic E-state index is 0.263. The molecule has 0 unspecified atom stereocenters. The zero-order valence-electron chi connectivity index (χ0n) is 7.25. The Kier molecular flexibility index (Phi) is 3.48. The van der Waals surface area contributed by atoms with Crippen LogP contribution in [0.1, 0.15) is 25.3 Å². The number of aromatic hydroxyl groups is 1. The van der Waals surface area contributed by atoms with Crippen molar-refractivity contribution in [2.24, 2.45) is 0 Å². The molecule has 0 atom stereocenters. The number of phenols is 1. The van der Waals surface area contributed by atoms with Crippen molar-refractivity contribution in [1.29, 1.82) is 0 Å². The van der Waals surface area contributed by atoms with Crippen LogP contribution in [0.25, 0.3) is 0 Å². The van der Waals surface area contributed by atoms with Crippen molar-refractivity contribution in [2.45, 2.75) is 31.1 Å². The van der Waals surface area contributed by atoms with E-state index in [1.54, 1.807) is 6.07 Å². The highest BCUT2D eigenvalue weighted by atomic mass is 32.1. The molecule has 0 fully saturated rings. The lowest BCUT2D eigenvalue weighted by molar-refractivity contribution is 0.462. The highest BCUT2D eigenvalue weighted by Crippen LogP contribution is 2.22. The van der Waals surface area contributed by atoms with E-state index >= 15 is 0 Å². The molecular weight excluding hydrogens is 168 g/mol. The molecule has 0 aliphatic carbocycles. The van der Waals surface area contributed by atoms with Gasteiger partial charge in [0, 0.05) is 4.90 Å². The lowest BCUT2D eigenvalue weighted by Gasteiger charge is -2.02. The van der Waals surface area contributed by atoms with Gasteiger partial charge in [-0.05, 0) is 30.5 Å². The molecular formula is C10H14OS. The molecule has 2 heteroatoms. The van der Waals surface area contributed by atoms with E-state index in [-0.39, 0.29) is 5.75 Å². The van der Waals surface area contributed by atoms with Crippen molar-refractivity contribution in [1.82, 2.24) is 0 Å². The molecule has 1 aromatic carbocycles. The predicted octanol–water partition coefficient (Wildman–Crippen LogP) is 3.02. The van der Waals surface area contributed by atoms with E-state index in [9.17, 15) is 5.11 Å². The molecule has 0 radical (unpaired) electrons. The number of hydrogen-bond acceptors (Lipinski definition) is 2. The quantitative estimate of drug-likeness (QED) is 0.688. The summed E-state index contributed by atoms with van der Waals surface area (Å²) in [4.78, 5) is 0.670. The van der Waals surface area contributed by atoms with Crippen molar-refractivity contribution in [3.05, 3.63) is 23.8 Å². The zero-order valence-corrected chi connectivity index (χ0v) is 8.14. The summed E-state index contributed by atoms with van der Waals surface area (Å²) in [5.41, 5.74) is 1.25. The molecule has 0 spiro atoms. The second-order valence-electron chi connectivity index (χ2n) is 2.93. The Labute approximate surface area is 78.8 Å². The Hall–Kier alpha value is -0.630. The lowest BCUT2D eigenvalue weighted by atomic mass is 10.1. The number of aryl methyl sites for hydroxylation is 1. The van der Waals surface area contributed by atoms with Gasteiger partial charge < -0.3 is 5.11 Å². The molecule has 0 saturated heterocycles. The third-order valence-electron chi connectivity index (χ3n) is 1.86. The third kappa shape index (κ3) is 2.45. The Morgan fingerprint density at radius 2 is 2.17 bits per heavy atom. The molecule has 12 heavy (non-hydrogen) atoms. The number of rotatable bonds is 3. The molecule has 1 N–H and O–H groups in total. The summed E-state index contributed by atoms with van der Waals surface area (Å²) < 4.78 is 0. The summed E-state index contributed by atoms with van der Waals surface area (Å²) in [6.07, 6.45) is 3.46. The van der Waals surface area contributed by atoms with Crippen molar-refractivity contribution < 1.29 is 5.11 Å². The monoisotopic (exact) mass is 182 g/mol. The summed E-state index contributed by atoms with van der Waals surface area (Å²) >= 11 is 4.14. The highest BCUT2D eigenvalue weighted by Gasteiger charge is 1.97. The first-order chi connectivity index (χ1) is 5.74. The van der Waals surface area contributed by atoms with Gasteiger partial charge in [-0.25, -0.2) is 0 Å². The van der Waals surface area contributed by atoms with Crippen LogP contribution >= 0.6 is 12.6 Å². The molecule has 0 saturated carbocycles. The van der Waals surface area contributed by atoms with Crippen molar-refractivity contribution in [3.63, 3.8) is 0 Å². The minimum Gasteiger partial charge on any atom is -0.507 e. The van der Waals surface area contributed by atoms with Crippen molar-refractivity contribution in [3.8, 4) is 5.75 Å². The molecule has 0 bridgehead atoms. The van der Waals surface area contributed by atoms with E-state index in [1.165, 1.54) is 18.4 Å². The molecule has 1 rings (SSSR count). The summed E-state index contributed by atoms with van der Waals surface area (Å²) in [5.74, 6) is 0.263. The first-order valence-corrected chi connectivity index (χ1v) is 4.69. The van der Waals surface area contributed by atoms with Gasteiger partial charge in [0.25, 0.3) is 0 Å². The smallest absolute Gasteiger partial charge is 0.128 e. The van der Waals surface area contributed by atoms with E-state index in [0.717, 1.165) is 6.42 Å². The van der Waals surface area contributed by atoms with Gasteiger partial charge in [-0.3, -0.25) is 0 Å². The molecule has 0 amide bonds. The first kappa shape index (κ1) is 9.46. The Balaban J connectivity index is 2.69. The number of benzene rings is 1. The van der Waals surface area contributed by atoms with E-state index in [0.29, 0.717) is 4.90 Å². The summed E-state index contributed by atoms with van der Waals surface area (Å²) in [5, 5.41) is 9.19. The summed E-state index contributed by atoms with van der Waals surface area (Å²) in [6.45, 7) is 2.17. The summed E-state index contributed by atoms with van der Waals surface area (Å²) in [7, 11) is 0. The zero-order chi connectivity index (χ0) is 8.97. The van der Waals surface area contributed by atoms with Gasteiger partial charge in [0.05, 0.1) is 0 Å². The number of thiol groups is 1. The largest absolute Gasteiger partial charge is 0.507 e. The van der Waals surface area contributed by atoms with Gasteiger partial charge in [-0.2, -0.15) is 0 Å². The van der Waals surface area contributed by atoms with Crippen LogP contribution in [-0.4, -0.2) is 5.11 Å². The normalized spacial score (nSPS) is 10.2. The number of hydrogen-bond donors (Lipinski definition) is 2. The summed E-state index contributed by atoms with van der Waals surface area (Å²) in [6, 6.07) is 5.58. The number of unbranched alkanes of at least 4 members (excludes halogenated alkanes) is 1. The van der Waals surface area contributed by atoms with Crippen LogP contribution in [0.4, 0.5) is 0 Å². The van der Waals surface area contributed by atoms with Gasteiger partial charge in [0.2, 0.25) is 0 Å². The molecule has 1 nitrogen and oxygen atoms in total. The van der Waals surface area contributed by atoms with Crippen LogP contribution in [0.3, 0.4) is 0 Å². The third-order valence-corrected chi connectivity index (χ3v) is 2.22. The van der Waals surface area contributed by atoms with Gasteiger partial charge >= 0.3 is 0 Å². The van der Waals surface area contributed by atoms with Crippen LogP contribution in [-0.2, 0) is 6.42 Å². The number of phenolic OH excluding ortho intramolecular Hbond substituents is 1. The van der Waals surface area contributed by atoms with Crippen LogP contribution in [0.15, 0.2) is 23.1 Å². The van der Waals surface area contributed by atoms with E-state index < -0.39 is 0 Å². The molecule has 66 valence electrons. The second-order valence-corrected chi connectivity index (χ2v) is 3.41. The van der Waals surface area contributed by atoms with E-state index in [4.69, 9.17) is 0 Å². The Morgan fingerprint density at radius 3 is 2.75 bits per heavy atom. The maximum Gasteiger partial charge on any atom is 0.128 e. The van der Waals surface area contributed by atoms with Crippen molar-refractivity contribution >= 4 is 12.6 Å². The fourth-order valence-electron chi connectivity index (χ4n) is 1.11. The van der Waals surface area contributed by atoms with Gasteiger partial charge in [-0.15, -0.1) is 12.6 Å². The van der Waals surface area contributed by atoms with Gasteiger partial charge in [0.1, 0.15) is 5.75 Å². The average molecular weight is 182 g/mol. The SMILES string of the molecule is CCCCc1ccc(O)c(S)c1. The van der Waals surface area contributed by atoms with E-state index in [1.807, 2.05) is 12.1 Å². The minimum absolute atomic E-state index is 0.263. The maximum atomic E-state index is 9.19. The first-order valence-electron chi connectivity index (χ1n) is 4.25. The van der Waals surface area contributed by atoms with Crippen LogP contribution < -0.4 is 0 Å². The fourth-order valence-corrected chi connectivity index (χ4v) is 1.35. The highest BCUT2D eigenvalue weighted by molar-refractivity contribution is 7.80. The average Bonchev–Trinajstić information content (AvgIpc) is 2.07. The topological polar surface area (TPSA) is 20.2 Å². The molecule has 0 heterocycles. The van der Waals surface area contributed by atoms with Crippen LogP contribution in [0.5, 0.6) is 5.75 Å². The van der Waals surface area contributed by atoms with Crippen LogP contribution in [0.2, 0.25) is 0 Å². The lowest BCUT2D eigenvalue weighted by Crippen LogP contribution is -1.84.